The Balaban J connectivity index is 1.59. The molecule has 0 N–H and O–H groups in total. The number of piperazine rings is 1. The van der Waals surface area contributed by atoms with Crippen molar-refractivity contribution in [2.75, 3.05) is 19.6 Å². The molecule has 21 heavy (non-hydrogen) atoms. The normalized spacial score (nSPS) is 28.6. The Morgan fingerprint density at radius 2 is 2.24 bits per heavy atom. The van der Waals surface area contributed by atoms with Crippen LogP contribution in [0, 0.1) is 11.8 Å². The fraction of sp³-hybridized carbons (Fsp3) is 0.667. The first-order valence-corrected chi connectivity index (χ1v) is 8.54. The van der Waals surface area contributed by atoms with Gasteiger partial charge in [0.15, 0.2) is 0 Å². The summed E-state index contributed by atoms with van der Waals surface area (Å²) in [5.41, 5.74) is 2.19. The average molecular weight is 307 g/mol. The number of hydrogen-bond acceptors (Lipinski definition) is 4. The highest BCUT2D eigenvalue weighted by molar-refractivity contribution is 7.07. The highest BCUT2D eigenvalue weighted by atomic mass is 32.1. The van der Waals surface area contributed by atoms with Gasteiger partial charge in [0.1, 0.15) is 5.69 Å². The Morgan fingerprint density at radius 1 is 1.43 bits per heavy atom. The number of rotatable bonds is 3. The Labute approximate surface area is 129 Å². The van der Waals surface area contributed by atoms with Gasteiger partial charge in [-0.2, -0.15) is 0 Å². The molecule has 6 heteroatoms. The molecule has 0 aromatic carbocycles. The summed E-state index contributed by atoms with van der Waals surface area (Å²) in [4.78, 5) is 32.6. The van der Waals surface area contributed by atoms with Crippen LogP contribution in [-0.2, 0) is 4.79 Å². The van der Waals surface area contributed by atoms with Gasteiger partial charge in [-0.1, -0.05) is 13.3 Å². The molecule has 1 aromatic rings. The maximum atomic E-state index is 12.4. The summed E-state index contributed by atoms with van der Waals surface area (Å²) < 4.78 is 0. The first-order valence-electron chi connectivity index (χ1n) is 7.59. The van der Waals surface area contributed by atoms with Crippen molar-refractivity contribution in [3.8, 4) is 0 Å². The van der Waals surface area contributed by atoms with Crippen LogP contribution < -0.4 is 0 Å². The SMILES string of the molecule is CC[C@@H]1C[C@H]1C(=O)N1CCN(C(=O)c2cscn2)[C@@H](C)C1. The number of hydrogen-bond donors (Lipinski definition) is 0. The Morgan fingerprint density at radius 3 is 2.81 bits per heavy atom. The monoisotopic (exact) mass is 307 g/mol. The van der Waals surface area contributed by atoms with Crippen molar-refractivity contribution < 1.29 is 9.59 Å². The predicted octanol–water partition coefficient (Wildman–Crippen LogP) is 1.86. The van der Waals surface area contributed by atoms with Crippen molar-refractivity contribution in [1.29, 1.82) is 0 Å². The molecule has 0 bridgehead atoms. The van der Waals surface area contributed by atoms with E-state index in [0.717, 1.165) is 12.8 Å². The van der Waals surface area contributed by atoms with Crippen LogP contribution in [0.3, 0.4) is 0 Å². The van der Waals surface area contributed by atoms with Crippen molar-refractivity contribution in [2.24, 2.45) is 11.8 Å². The molecule has 2 aliphatic rings. The molecule has 1 aromatic heterocycles. The minimum atomic E-state index is -0.0197. The number of carbonyl (C=O) groups is 2. The Bertz CT molecular complexity index is 531. The van der Waals surface area contributed by atoms with Crippen LogP contribution in [-0.4, -0.2) is 52.3 Å². The summed E-state index contributed by atoms with van der Waals surface area (Å²) in [6, 6.07) is 0.0516. The lowest BCUT2D eigenvalue weighted by Gasteiger charge is -2.39. The first kappa shape index (κ1) is 14.5. The highest BCUT2D eigenvalue weighted by Gasteiger charge is 2.44. The fourth-order valence-electron chi connectivity index (χ4n) is 3.16. The largest absolute Gasteiger partial charge is 0.339 e. The second-order valence-corrected chi connectivity index (χ2v) is 6.73. The summed E-state index contributed by atoms with van der Waals surface area (Å²) in [6.07, 6.45) is 2.13. The minimum absolute atomic E-state index is 0.0197. The van der Waals surface area contributed by atoms with E-state index in [-0.39, 0.29) is 23.8 Å². The second-order valence-electron chi connectivity index (χ2n) is 6.02. The van der Waals surface area contributed by atoms with E-state index in [2.05, 4.69) is 11.9 Å². The van der Waals surface area contributed by atoms with Gasteiger partial charge in [0, 0.05) is 37.0 Å². The summed E-state index contributed by atoms with van der Waals surface area (Å²) in [5.74, 6) is 1.09. The van der Waals surface area contributed by atoms with Gasteiger partial charge in [-0.05, 0) is 19.3 Å². The van der Waals surface area contributed by atoms with E-state index in [1.54, 1.807) is 10.9 Å². The van der Waals surface area contributed by atoms with Gasteiger partial charge in [0.25, 0.3) is 5.91 Å². The van der Waals surface area contributed by atoms with Gasteiger partial charge >= 0.3 is 0 Å². The van der Waals surface area contributed by atoms with Crippen LogP contribution in [0.25, 0.3) is 0 Å². The van der Waals surface area contributed by atoms with E-state index < -0.39 is 0 Å². The predicted molar refractivity (Wildman–Crippen MR) is 81.1 cm³/mol. The van der Waals surface area contributed by atoms with Crippen LogP contribution in [0.4, 0.5) is 0 Å². The van der Waals surface area contributed by atoms with Crippen LogP contribution in [0.1, 0.15) is 37.2 Å². The molecule has 3 atom stereocenters. The molecule has 0 unspecified atom stereocenters. The van der Waals surface area contributed by atoms with E-state index >= 15 is 0 Å². The fourth-order valence-corrected chi connectivity index (χ4v) is 3.69. The summed E-state index contributed by atoms with van der Waals surface area (Å²) >= 11 is 1.43. The maximum Gasteiger partial charge on any atom is 0.273 e. The molecular formula is C15H21N3O2S. The number of carbonyl (C=O) groups excluding carboxylic acids is 2. The molecule has 5 nitrogen and oxygen atoms in total. The van der Waals surface area contributed by atoms with Gasteiger partial charge in [-0.25, -0.2) is 4.98 Å². The summed E-state index contributed by atoms with van der Waals surface area (Å²) in [7, 11) is 0. The third kappa shape index (κ3) is 2.81. The summed E-state index contributed by atoms with van der Waals surface area (Å²) in [5, 5.41) is 1.78. The van der Waals surface area contributed by atoms with E-state index in [9.17, 15) is 9.59 Å². The maximum absolute atomic E-state index is 12.4. The third-order valence-corrected chi connectivity index (χ3v) is 5.20. The van der Waals surface area contributed by atoms with Crippen molar-refractivity contribution in [2.45, 2.75) is 32.7 Å². The topological polar surface area (TPSA) is 53.5 Å². The number of aromatic nitrogens is 1. The van der Waals surface area contributed by atoms with Gasteiger partial charge in [-0.15, -0.1) is 11.3 Å². The molecule has 3 rings (SSSR count). The lowest BCUT2D eigenvalue weighted by molar-refractivity contribution is -0.135. The van der Waals surface area contributed by atoms with Crippen molar-refractivity contribution in [1.82, 2.24) is 14.8 Å². The standard InChI is InChI=1S/C15H21N3O2S/c1-3-11-6-12(11)14(19)17-4-5-18(10(2)7-17)15(20)13-8-21-9-16-13/h8-12H,3-7H2,1-2H3/t10-,11+,12+/m0/s1. The molecule has 0 spiro atoms. The van der Waals surface area contributed by atoms with Crippen LogP contribution in [0.15, 0.2) is 10.9 Å². The number of nitrogens with zero attached hydrogens (tertiary/aromatic N) is 3. The molecule has 1 saturated carbocycles. The van der Waals surface area contributed by atoms with Crippen LogP contribution in [0.2, 0.25) is 0 Å². The zero-order chi connectivity index (χ0) is 15.0. The Hall–Kier alpha value is -1.43. The van der Waals surface area contributed by atoms with Crippen LogP contribution >= 0.6 is 11.3 Å². The average Bonchev–Trinajstić information content (AvgIpc) is 3.08. The van der Waals surface area contributed by atoms with Gasteiger partial charge in [-0.3, -0.25) is 9.59 Å². The third-order valence-electron chi connectivity index (χ3n) is 4.62. The molecule has 114 valence electrons. The zero-order valence-corrected chi connectivity index (χ0v) is 13.3. The van der Waals surface area contributed by atoms with Crippen molar-refractivity contribution in [3.63, 3.8) is 0 Å². The van der Waals surface area contributed by atoms with E-state index in [0.29, 0.717) is 31.2 Å². The van der Waals surface area contributed by atoms with E-state index in [4.69, 9.17) is 0 Å². The van der Waals surface area contributed by atoms with Crippen LogP contribution in [0.5, 0.6) is 0 Å². The second kappa shape index (κ2) is 5.75. The number of thiazole rings is 1. The lowest BCUT2D eigenvalue weighted by Crippen LogP contribution is -2.55. The van der Waals surface area contributed by atoms with Gasteiger partial charge < -0.3 is 9.80 Å². The smallest absolute Gasteiger partial charge is 0.273 e. The molecule has 2 fully saturated rings. The quantitative estimate of drug-likeness (QED) is 0.856. The molecule has 1 aliphatic carbocycles. The lowest BCUT2D eigenvalue weighted by atomic mass is 10.1. The molecule has 1 saturated heterocycles. The molecule has 0 radical (unpaired) electrons. The minimum Gasteiger partial charge on any atom is -0.339 e. The highest BCUT2D eigenvalue weighted by Crippen LogP contribution is 2.42. The van der Waals surface area contributed by atoms with Gasteiger partial charge in [0.2, 0.25) is 5.91 Å². The molecule has 2 amide bonds. The molecular weight excluding hydrogens is 286 g/mol. The Kier molecular flexibility index (Phi) is 3.97. The molecule has 2 heterocycles. The summed E-state index contributed by atoms with van der Waals surface area (Å²) in [6.45, 7) is 6.04. The zero-order valence-electron chi connectivity index (χ0n) is 12.5. The van der Waals surface area contributed by atoms with Crippen molar-refractivity contribution >= 4 is 23.2 Å². The van der Waals surface area contributed by atoms with E-state index in [1.165, 1.54) is 11.3 Å². The van der Waals surface area contributed by atoms with Gasteiger partial charge in [0.05, 0.1) is 5.51 Å². The first-order chi connectivity index (χ1) is 10.1. The van der Waals surface area contributed by atoms with E-state index in [1.807, 2.05) is 16.7 Å². The molecule has 1 aliphatic heterocycles. The van der Waals surface area contributed by atoms with Crippen molar-refractivity contribution in [3.05, 3.63) is 16.6 Å². The number of amides is 2.